The van der Waals surface area contributed by atoms with Gasteiger partial charge in [-0.05, 0) is 52.7 Å². The van der Waals surface area contributed by atoms with Gasteiger partial charge in [0.1, 0.15) is 0 Å². The van der Waals surface area contributed by atoms with Gasteiger partial charge in [-0.25, -0.2) is 0 Å². The third-order valence-electron chi connectivity index (χ3n) is 3.26. The van der Waals surface area contributed by atoms with Crippen molar-refractivity contribution in [1.82, 2.24) is 0 Å². The number of rotatable bonds is 6. The molecule has 0 aliphatic rings. The Morgan fingerprint density at radius 1 is 1.40 bits per heavy atom. The van der Waals surface area contributed by atoms with Crippen LogP contribution < -0.4 is 14.8 Å². The fourth-order valence-corrected chi connectivity index (χ4v) is 2.78. The summed E-state index contributed by atoms with van der Waals surface area (Å²) in [6.45, 7) is 1.67. The number of carbonyl (C=O) groups is 1. The van der Waals surface area contributed by atoms with E-state index in [-0.39, 0.29) is 12.5 Å². The number of anilines is 1. The van der Waals surface area contributed by atoms with E-state index in [9.17, 15) is 4.79 Å². The van der Waals surface area contributed by atoms with Crippen LogP contribution in [0.4, 0.5) is 5.69 Å². The lowest BCUT2D eigenvalue weighted by atomic mass is 10.2. The number of oxime groups is 1. The number of ether oxygens (including phenoxy) is 2. The minimum Gasteiger partial charge on any atom is -0.493 e. The number of hydrogen-bond donors (Lipinski definition) is 2. The molecule has 0 unspecified atom stereocenters. The number of methoxy groups -OCH3 is 1. The summed E-state index contributed by atoms with van der Waals surface area (Å²) >= 11 is 9.38. The average molecular weight is 428 g/mol. The van der Waals surface area contributed by atoms with E-state index in [1.807, 2.05) is 13.0 Å². The van der Waals surface area contributed by atoms with E-state index in [0.29, 0.717) is 32.2 Å². The molecule has 2 aromatic carbocycles. The molecule has 0 bridgehead atoms. The lowest BCUT2D eigenvalue weighted by Gasteiger charge is -2.13. The minimum atomic E-state index is -0.338. The maximum atomic E-state index is 12.1. The first-order chi connectivity index (χ1) is 11.9. The normalized spacial score (nSPS) is 10.7. The summed E-state index contributed by atoms with van der Waals surface area (Å²) < 4.78 is 11.4. The van der Waals surface area contributed by atoms with Crippen LogP contribution in [0.25, 0.3) is 0 Å². The van der Waals surface area contributed by atoms with Crippen molar-refractivity contribution in [2.75, 3.05) is 19.0 Å². The largest absolute Gasteiger partial charge is 0.493 e. The topological polar surface area (TPSA) is 80.2 Å². The molecule has 0 fully saturated rings. The van der Waals surface area contributed by atoms with Crippen LogP contribution in [0.5, 0.6) is 11.5 Å². The van der Waals surface area contributed by atoms with Crippen molar-refractivity contribution < 1.29 is 19.5 Å². The van der Waals surface area contributed by atoms with Gasteiger partial charge in [0.05, 0.1) is 17.8 Å². The van der Waals surface area contributed by atoms with Gasteiger partial charge in [-0.15, -0.1) is 0 Å². The van der Waals surface area contributed by atoms with Crippen molar-refractivity contribution in [1.29, 1.82) is 0 Å². The number of nitrogens with zero attached hydrogens (tertiary/aromatic N) is 1. The highest BCUT2D eigenvalue weighted by Gasteiger charge is 2.13. The van der Waals surface area contributed by atoms with Crippen LogP contribution in [0.15, 0.2) is 40.0 Å². The summed E-state index contributed by atoms with van der Waals surface area (Å²) in [4.78, 5) is 12.1. The van der Waals surface area contributed by atoms with Gasteiger partial charge >= 0.3 is 0 Å². The molecular weight excluding hydrogens is 412 g/mol. The van der Waals surface area contributed by atoms with Gasteiger partial charge in [0.15, 0.2) is 18.1 Å². The summed E-state index contributed by atoms with van der Waals surface area (Å²) in [5.41, 5.74) is 2.12. The van der Waals surface area contributed by atoms with Crippen molar-refractivity contribution in [2.45, 2.75) is 6.92 Å². The van der Waals surface area contributed by atoms with Crippen LogP contribution in [0.3, 0.4) is 0 Å². The molecule has 2 rings (SSSR count). The number of hydrogen-bond acceptors (Lipinski definition) is 5. The van der Waals surface area contributed by atoms with Crippen LogP contribution in [0, 0.1) is 6.92 Å². The fourth-order valence-electron chi connectivity index (χ4n) is 2.03. The second kappa shape index (κ2) is 8.73. The monoisotopic (exact) mass is 426 g/mol. The molecule has 0 saturated heterocycles. The molecule has 0 saturated carbocycles. The molecule has 25 heavy (non-hydrogen) atoms. The van der Waals surface area contributed by atoms with Crippen molar-refractivity contribution >= 4 is 45.3 Å². The maximum absolute atomic E-state index is 12.1. The first-order valence-electron chi connectivity index (χ1n) is 7.18. The van der Waals surface area contributed by atoms with Crippen molar-refractivity contribution in [3.8, 4) is 11.5 Å². The summed E-state index contributed by atoms with van der Waals surface area (Å²) in [6.07, 6.45) is 1.25. The zero-order valence-electron chi connectivity index (χ0n) is 13.5. The number of amides is 1. The molecule has 0 radical (unpaired) electrons. The summed E-state index contributed by atoms with van der Waals surface area (Å²) in [6, 6.07) is 8.56. The van der Waals surface area contributed by atoms with E-state index in [1.54, 1.807) is 24.3 Å². The molecule has 2 N–H and O–H groups in total. The molecular formula is C17H16BrClN2O4. The molecule has 0 spiro atoms. The van der Waals surface area contributed by atoms with Gasteiger partial charge in [-0.1, -0.05) is 22.8 Å². The number of halogens is 2. The molecule has 0 atom stereocenters. The molecule has 0 heterocycles. The van der Waals surface area contributed by atoms with Crippen molar-refractivity contribution in [3.05, 3.63) is 51.0 Å². The van der Waals surface area contributed by atoms with E-state index in [0.717, 1.165) is 5.56 Å². The van der Waals surface area contributed by atoms with E-state index >= 15 is 0 Å². The first-order valence-corrected chi connectivity index (χ1v) is 8.35. The molecule has 6 nitrogen and oxygen atoms in total. The highest BCUT2D eigenvalue weighted by molar-refractivity contribution is 9.10. The smallest absolute Gasteiger partial charge is 0.262 e. The summed E-state index contributed by atoms with van der Waals surface area (Å²) in [7, 11) is 1.48. The first kappa shape index (κ1) is 19.1. The zero-order chi connectivity index (χ0) is 18.4. The molecule has 0 aliphatic heterocycles. The van der Waals surface area contributed by atoms with Crippen LogP contribution in [-0.4, -0.2) is 31.0 Å². The molecule has 1 amide bonds. The second-order valence-corrected chi connectivity index (χ2v) is 6.34. The molecule has 0 aromatic heterocycles. The van der Waals surface area contributed by atoms with E-state index in [4.69, 9.17) is 26.3 Å². The quantitative estimate of drug-likeness (QED) is 0.410. The highest BCUT2D eigenvalue weighted by atomic mass is 79.9. The van der Waals surface area contributed by atoms with E-state index in [2.05, 4.69) is 26.4 Å². The predicted molar refractivity (Wildman–Crippen MR) is 100 cm³/mol. The van der Waals surface area contributed by atoms with Gasteiger partial charge in [-0.2, -0.15) is 0 Å². The Bertz CT molecular complexity index is 811. The predicted octanol–water partition coefficient (Wildman–Crippen LogP) is 4.25. The lowest BCUT2D eigenvalue weighted by molar-refractivity contribution is -0.118. The number of aryl methyl sites for hydroxylation is 1. The molecule has 8 heteroatoms. The van der Waals surface area contributed by atoms with Gasteiger partial charge in [0, 0.05) is 16.3 Å². The maximum Gasteiger partial charge on any atom is 0.262 e. The van der Waals surface area contributed by atoms with E-state index in [1.165, 1.54) is 13.3 Å². The Morgan fingerprint density at radius 2 is 2.16 bits per heavy atom. The Hall–Kier alpha value is -2.25. The average Bonchev–Trinajstić information content (AvgIpc) is 2.57. The molecule has 132 valence electrons. The number of carbonyl (C=O) groups excluding carboxylic acids is 1. The highest BCUT2D eigenvalue weighted by Crippen LogP contribution is 2.36. The third-order valence-corrected chi connectivity index (χ3v) is 4.26. The Kier molecular flexibility index (Phi) is 6.66. The van der Waals surface area contributed by atoms with Crippen LogP contribution in [0.2, 0.25) is 5.02 Å². The van der Waals surface area contributed by atoms with Gasteiger partial charge in [-0.3, -0.25) is 4.79 Å². The summed E-state index contributed by atoms with van der Waals surface area (Å²) in [5.74, 6) is 0.431. The van der Waals surface area contributed by atoms with Crippen LogP contribution in [0.1, 0.15) is 11.1 Å². The lowest BCUT2D eigenvalue weighted by Crippen LogP contribution is -2.20. The second-order valence-electron chi connectivity index (χ2n) is 5.08. The van der Waals surface area contributed by atoms with Crippen LogP contribution >= 0.6 is 27.5 Å². The van der Waals surface area contributed by atoms with Crippen LogP contribution in [-0.2, 0) is 4.79 Å². The van der Waals surface area contributed by atoms with Crippen molar-refractivity contribution in [3.63, 3.8) is 0 Å². The fraction of sp³-hybridized carbons (Fsp3) is 0.176. The minimum absolute atomic E-state index is 0.214. The van der Waals surface area contributed by atoms with Gasteiger partial charge in [0.2, 0.25) is 0 Å². The van der Waals surface area contributed by atoms with Gasteiger partial charge in [0.25, 0.3) is 5.91 Å². The molecule has 0 aliphatic carbocycles. The van der Waals surface area contributed by atoms with E-state index < -0.39 is 0 Å². The number of benzene rings is 2. The molecule has 2 aromatic rings. The zero-order valence-corrected chi connectivity index (χ0v) is 15.9. The Labute approximate surface area is 158 Å². The standard InChI is InChI=1S/C17H16BrClN2O4/c1-10-3-4-12(7-14(10)19)21-16(22)9-25-17-13(18)5-11(8-20-23)6-15(17)24-2/h3-8,23H,9H2,1-2H3,(H,21,22)/b20-8+. The Morgan fingerprint density at radius 3 is 2.80 bits per heavy atom. The van der Waals surface area contributed by atoms with Gasteiger partial charge < -0.3 is 20.0 Å². The Balaban J connectivity index is 2.07. The summed E-state index contributed by atoms with van der Waals surface area (Å²) in [5, 5.41) is 14.9. The third kappa shape index (κ3) is 5.11. The number of nitrogens with one attached hydrogen (secondary N) is 1. The van der Waals surface area contributed by atoms with Crippen molar-refractivity contribution in [2.24, 2.45) is 5.16 Å². The SMILES string of the molecule is COc1cc(/C=N/O)cc(Br)c1OCC(=O)Nc1ccc(C)c(Cl)c1.